The van der Waals surface area contributed by atoms with Gasteiger partial charge in [0.2, 0.25) is 0 Å². The quantitative estimate of drug-likeness (QED) is 0.898. The SMILES string of the molecule is CCSC1CCCC1NCc1ccc(Br)cn1. The molecule has 17 heavy (non-hydrogen) atoms. The van der Waals surface area contributed by atoms with Gasteiger partial charge in [0.05, 0.1) is 5.69 Å². The first kappa shape index (κ1) is 13.4. The Kier molecular flexibility index (Phi) is 5.32. The molecule has 4 heteroatoms. The van der Waals surface area contributed by atoms with E-state index in [1.54, 1.807) is 0 Å². The molecule has 2 atom stereocenters. The third kappa shape index (κ3) is 3.97. The molecular formula is C13H19BrN2S. The molecule has 2 nitrogen and oxygen atoms in total. The summed E-state index contributed by atoms with van der Waals surface area (Å²) in [4.78, 5) is 4.39. The van der Waals surface area contributed by atoms with Crippen LogP contribution in [0.15, 0.2) is 22.8 Å². The van der Waals surface area contributed by atoms with Gasteiger partial charge in [0, 0.05) is 28.5 Å². The largest absolute Gasteiger partial charge is 0.307 e. The Labute approximate surface area is 116 Å². The van der Waals surface area contributed by atoms with E-state index >= 15 is 0 Å². The molecule has 0 radical (unpaired) electrons. The maximum Gasteiger partial charge on any atom is 0.0542 e. The molecule has 1 N–H and O–H groups in total. The van der Waals surface area contributed by atoms with Crippen LogP contribution >= 0.6 is 27.7 Å². The summed E-state index contributed by atoms with van der Waals surface area (Å²) in [5.41, 5.74) is 1.13. The van der Waals surface area contributed by atoms with E-state index in [-0.39, 0.29) is 0 Å². The topological polar surface area (TPSA) is 24.9 Å². The van der Waals surface area contributed by atoms with Gasteiger partial charge in [0.1, 0.15) is 0 Å². The minimum Gasteiger partial charge on any atom is -0.307 e. The summed E-state index contributed by atoms with van der Waals surface area (Å²) in [5, 5.41) is 4.45. The Morgan fingerprint density at radius 3 is 3.06 bits per heavy atom. The van der Waals surface area contributed by atoms with Gasteiger partial charge in [0.15, 0.2) is 0 Å². The summed E-state index contributed by atoms with van der Waals surface area (Å²) < 4.78 is 1.04. The van der Waals surface area contributed by atoms with E-state index in [1.807, 2.05) is 6.20 Å². The third-order valence-corrected chi connectivity index (χ3v) is 4.96. The highest BCUT2D eigenvalue weighted by molar-refractivity contribution is 9.10. The summed E-state index contributed by atoms with van der Waals surface area (Å²) in [6, 6.07) is 4.80. The first-order chi connectivity index (χ1) is 8.29. The van der Waals surface area contributed by atoms with Crippen molar-refractivity contribution in [3.05, 3.63) is 28.5 Å². The van der Waals surface area contributed by atoms with Gasteiger partial charge in [-0.1, -0.05) is 13.3 Å². The van der Waals surface area contributed by atoms with Crippen LogP contribution in [-0.4, -0.2) is 22.0 Å². The van der Waals surface area contributed by atoms with Crippen LogP contribution in [0.5, 0.6) is 0 Å². The maximum absolute atomic E-state index is 4.39. The highest BCUT2D eigenvalue weighted by Gasteiger charge is 2.26. The summed E-state index contributed by atoms with van der Waals surface area (Å²) in [5.74, 6) is 1.22. The summed E-state index contributed by atoms with van der Waals surface area (Å²) in [6.45, 7) is 3.13. The number of aromatic nitrogens is 1. The van der Waals surface area contributed by atoms with E-state index < -0.39 is 0 Å². The second kappa shape index (κ2) is 6.76. The molecule has 0 aromatic carbocycles. The molecule has 2 unspecified atom stereocenters. The van der Waals surface area contributed by atoms with E-state index in [0.717, 1.165) is 22.0 Å². The Hall–Kier alpha value is -0.0600. The first-order valence-corrected chi connectivity index (χ1v) is 8.09. The molecular weight excluding hydrogens is 296 g/mol. The van der Waals surface area contributed by atoms with Crippen molar-refractivity contribution in [3.8, 4) is 0 Å². The summed E-state index contributed by atoms with van der Waals surface area (Å²) >= 11 is 5.50. The number of halogens is 1. The van der Waals surface area contributed by atoms with E-state index in [9.17, 15) is 0 Å². The normalized spacial score (nSPS) is 24.1. The highest BCUT2D eigenvalue weighted by atomic mass is 79.9. The molecule has 1 aromatic heterocycles. The van der Waals surface area contributed by atoms with Gasteiger partial charge in [0.25, 0.3) is 0 Å². The standard InChI is InChI=1S/C13H19BrN2S/c1-2-17-13-5-3-4-12(13)16-9-11-7-6-10(14)8-15-11/h6-8,12-13,16H,2-5,9H2,1H3. The van der Waals surface area contributed by atoms with Crippen molar-refractivity contribution >= 4 is 27.7 Å². The van der Waals surface area contributed by atoms with Crippen LogP contribution in [0.25, 0.3) is 0 Å². The summed E-state index contributed by atoms with van der Waals surface area (Å²) in [7, 11) is 0. The first-order valence-electron chi connectivity index (χ1n) is 6.25. The van der Waals surface area contributed by atoms with E-state index in [2.05, 4.69) is 57.0 Å². The fourth-order valence-corrected chi connectivity index (χ4v) is 3.78. The smallest absolute Gasteiger partial charge is 0.0542 e. The third-order valence-electron chi connectivity index (χ3n) is 3.17. The van der Waals surface area contributed by atoms with Crippen LogP contribution < -0.4 is 5.32 Å². The molecule has 0 bridgehead atoms. The van der Waals surface area contributed by atoms with Gasteiger partial charge in [-0.2, -0.15) is 11.8 Å². The number of nitrogens with one attached hydrogen (secondary N) is 1. The lowest BCUT2D eigenvalue weighted by Crippen LogP contribution is -2.33. The Bertz CT molecular complexity index is 342. The second-order valence-corrected chi connectivity index (χ2v) is 6.81. The van der Waals surface area contributed by atoms with Gasteiger partial charge >= 0.3 is 0 Å². The maximum atomic E-state index is 4.39. The fourth-order valence-electron chi connectivity index (χ4n) is 2.32. The molecule has 0 spiro atoms. The lowest BCUT2D eigenvalue weighted by atomic mass is 10.2. The van der Waals surface area contributed by atoms with Crippen molar-refractivity contribution in [2.75, 3.05) is 5.75 Å². The molecule has 1 aromatic rings. The van der Waals surface area contributed by atoms with Gasteiger partial charge in [-0.15, -0.1) is 0 Å². The average molecular weight is 315 g/mol. The molecule has 94 valence electrons. The molecule has 1 saturated carbocycles. The minimum atomic E-state index is 0.672. The number of nitrogens with zero attached hydrogens (tertiary/aromatic N) is 1. The minimum absolute atomic E-state index is 0.672. The van der Waals surface area contributed by atoms with Crippen LogP contribution in [0.1, 0.15) is 31.9 Å². The molecule has 0 aliphatic heterocycles. The van der Waals surface area contributed by atoms with Gasteiger partial charge in [-0.3, -0.25) is 4.98 Å². The zero-order chi connectivity index (χ0) is 12.1. The average Bonchev–Trinajstić information content (AvgIpc) is 2.77. The molecule has 0 amide bonds. The van der Waals surface area contributed by atoms with Gasteiger partial charge in [-0.25, -0.2) is 0 Å². The molecule has 1 aliphatic carbocycles. The fraction of sp³-hybridized carbons (Fsp3) is 0.615. The van der Waals surface area contributed by atoms with Crippen LogP contribution in [0.3, 0.4) is 0 Å². The predicted molar refractivity (Wildman–Crippen MR) is 78.3 cm³/mol. The van der Waals surface area contributed by atoms with Crippen molar-refractivity contribution in [1.82, 2.24) is 10.3 Å². The lowest BCUT2D eigenvalue weighted by Gasteiger charge is -2.19. The molecule has 1 heterocycles. The van der Waals surface area contributed by atoms with Crippen LogP contribution in [0, 0.1) is 0 Å². The van der Waals surface area contributed by atoms with Crippen molar-refractivity contribution < 1.29 is 0 Å². The van der Waals surface area contributed by atoms with Crippen molar-refractivity contribution in [1.29, 1.82) is 0 Å². The number of rotatable bonds is 5. The van der Waals surface area contributed by atoms with Gasteiger partial charge in [-0.05, 0) is 46.7 Å². The van der Waals surface area contributed by atoms with Gasteiger partial charge < -0.3 is 5.32 Å². The lowest BCUT2D eigenvalue weighted by molar-refractivity contribution is 0.527. The predicted octanol–water partition coefficient (Wildman–Crippen LogP) is 3.61. The second-order valence-electron chi connectivity index (χ2n) is 4.38. The Balaban J connectivity index is 1.83. The van der Waals surface area contributed by atoms with Crippen molar-refractivity contribution in [2.45, 2.75) is 44.0 Å². The molecule has 0 saturated heterocycles. The zero-order valence-corrected chi connectivity index (χ0v) is 12.6. The van der Waals surface area contributed by atoms with Crippen LogP contribution in [0.4, 0.5) is 0 Å². The Morgan fingerprint density at radius 2 is 2.35 bits per heavy atom. The number of thioether (sulfide) groups is 1. The molecule has 1 aliphatic rings. The van der Waals surface area contributed by atoms with Crippen LogP contribution in [-0.2, 0) is 6.54 Å². The number of pyridine rings is 1. The Morgan fingerprint density at radius 1 is 1.47 bits per heavy atom. The summed E-state index contributed by atoms with van der Waals surface area (Å²) in [6.07, 6.45) is 5.91. The van der Waals surface area contributed by atoms with Crippen molar-refractivity contribution in [2.24, 2.45) is 0 Å². The zero-order valence-electron chi connectivity index (χ0n) is 10.2. The molecule has 2 rings (SSSR count). The number of hydrogen-bond donors (Lipinski definition) is 1. The molecule has 1 fully saturated rings. The van der Waals surface area contributed by atoms with E-state index in [0.29, 0.717) is 6.04 Å². The van der Waals surface area contributed by atoms with Crippen molar-refractivity contribution in [3.63, 3.8) is 0 Å². The monoisotopic (exact) mass is 314 g/mol. The number of hydrogen-bond acceptors (Lipinski definition) is 3. The van der Waals surface area contributed by atoms with E-state index in [1.165, 1.54) is 25.0 Å². The van der Waals surface area contributed by atoms with E-state index in [4.69, 9.17) is 0 Å². The highest BCUT2D eigenvalue weighted by Crippen LogP contribution is 2.29. The van der Waals surface area contributed by atoms with Crippen LogP contribution in [0.2, 0.25) is 0 Å².